The number of carbonyl (C=O) groups is 2. The maximum Gasteiger partial charge on any atom is 0.343 e. The number of benzene rings is 3. The number of carbonyl (C=O) groups excluding carboxylic acids is 2. The molecule has 0 saturated carbocycles. The molecule has 0 radical (unpaired) electrons. The number of amides is 1. The van der Waals surface area contributed by atoms with Crippen molar-refractivity contribution in [3.8, 4) is 23.0 Å². The summed E-state index contributed by atoms with van der Waals surface area (Å²) in [6.45, 7) is -0.232. The number of nitrogens with one attached hydrogen (secondary N) is 1. The predicted octanol–water partition coefficient (Wildman–Crippen LogP) is 3.36. The van der Waals surface area contributed by atoms with E-state index >= 15 is 0 Å². The Morgan fingerprint density at radius 1 is 0.943 bits per heavy atom. The summed E-state index contributed by atoms with van der Waals surface area (Å²) >= 11 is 0. The first-order valence-electron chi connectivity index (χ1n) is 10.1. The third kappa shape index (κ3) is 7.02. The Morgan fingerprint density at radius 2 is 1.63 bits per heavy atom. The summed E-state index contributed by atoms with van der Waals surface area (Å²) in [6, 6.07) is 16.5. The molecular weight excluding hydrogens is 458 g/mol. The molecule has 1 amide bonds. The van der Waals surface area contributed by atoms with E-state index in [1.165, 1.54) is 43.7 Å². The summed E-state index contributed by atoms with van der Waals surface area (Å²) in [6.07, 6.45) is 1.38. The molecule has 35 heavy (non-hydrogen) atoms. The van der Waals surface area contributed by atoms with Gasteiger partial charge in [-0.25, -0.2) is 10.2 Å². The Kier molecular flexibility index (Phi) is 8.33. The normalized spacial score (nSPS) is 10.5. The first kappa shape index (κ1) is 24.7. The summed E-state index contributed by atoms with van der Waals surface area (Å²) in [4.78, 5) is 34.5. The van der Waals surface area contributed by atoms with Gasteiger partial charge in [-0.3, -0.25) is 14.9 Å². The zero-order chi connectivity index (χ0) is 25.2. The highest BCUT2D eigenvalue weighted by Crippen LogP contribution is 2.28. The first-order valence-corrected chi connectivity index (χ1v) is 10.1. The van der Waals surface area contributed by atoms with Gasteiger partial charge in [0.1, 0.15) is 11.5 Å². The molecule has 0 aliphatic rings. The molecule has 0 aromatic heterocycles. The molecule has 0 atom stereocenters. The van der Waals surface area contributed by atoms with Gasteiger partial charge in [-0.15, -0.1) is 0 Å². The van der Waals surface area contributed by atoms with Crippen molar-refractivity contribution in [2.45, 2.75) is 0 Å². The van der Waals surface area contributed by atoms with E-state index in [-0.39, 0.29) is 29.4 Å². The molecule has 3 aromatic rings. The quantitative estimate of drug-likeness (QED) is 0.154. The lowest BCUT2D eigenvalue weighted by Crippen LogP contribution is -2.24. The number of hydrogen-bond donors (Lipinski definition) is 1. The van der Waals surface area contributed by atoms with Gasteiger partial charge in [0.2, 0.25) is 0 Å². The van der Waals surface area contributed by atoms with E-state index in [4.69, 9.17) is 18.9 Å². The average Bonchev–Trinajstić information content (AvgIpc) is 2.88. The first-order chi connectivity index (χ1) is 16.9. The molecule has 0 spiro atoms. The van der Waals surface area contributed by atoms with Gasteiger partial charge in [-0.2, -0.15) is 5.10 Å². The molecule has 0 fully saturated rings. The number of methoxy groups -OCH3 is 2. The standard InChI is InChI=1S/C24H21N3O8/c1-32-19-8-10-20(11-9-19)34-15-23(28)26-25-14-16-3-12-21(22(13-16)33-2)35-24(29)17-4-6-18(7-5-17)27(30)31/h3-14H,15H2,1-2H3,(H,26,28). The van der Waals surface area contributed by atoms with Crippen molar-refractivity contribution in [2.75, 3.05) is 20.8 Å². The van der Waals surface area contributed by atoms with Gasteiger partial charge in [-0.05, 0) is 60.2 Å². The number of hydrogen-bond acceptors (Lipinski definition) is 9. The maximum atomic E-state index is 12.4. The van der Waals surface area contributed by atoms with Crippen LogP contribution >= 0.6 is 0 Å². The SMILES string of the molecule is COc1ccc(OCC(=O)NN=Cc2ccc(OC(=O)c3ccc([N+](=O)[O-])cc3)c(OC)c2)cc1. The lowest BCUT2D eigenvalue weighted by molar-refractivity contribution is -0.384. The summed E-state index contributed by atoms with van der Waals surface area (Å²) in [5.74, 6) is 0.409. The number of non-ortho nitro benzene ring substituents is 1. The molecule has 1 N–H and O–H groups in total. The minimum Gasteiger partial charge on any atom is -0.497 e. The second-order valence-corrected chi connectivity index (χ2v) is 6.86. The highest BCUT2D eigenvalue weighted by Gasteiger charge is 2.14. The zero-order valence-electron chi connectivity index (χ0n) is 18.8. The maximum absolute atomic E-state index is 12.4. The Bertz CT molecular complexity index is 1220. The smallest absolute Gasteiger partial charge is 0.343 e. The molecular formula is C24H21N3O8. The molecule has 0 heterocycles. The summed E-state index contributed by atoms with van der Waals surface area (Å²) in [5, 5.41) is 14.6. The molecule has 0 bridgehead atoms. The number of nitro benzene ring substituents is 1. The van der Waals surface area contributed by atoms with E-state index in [1.807, 2.05) is 0 Å². The molecule has 11 nitrogen and oxygen atoms in total. The van der Waals surface area contributed by atoms with E-state index in [1.54, 1.807) is 43.5 Å². The predicted molar refractivity (Wildman–Crippen MR) is 125 cm³/mol. The van der Waals surface area contributed by atoms with Crippen LogP contribution in [-0.2, 0) is 4.79 Å². The van der Waals surface area contributed by atoms with E-state index in [2.05, 4.69) is 10.5 Å². The highest BCUT2D eigenvalue weighted by molar-refractivity contribution is 5.92. The molecule has 3 rings (SSSR count). The van der Waals surface area contributed by atoms with Crippen LogP contribution in [0.25, 0.3) is 0 Å². The molecule has 180 valence electrons. The van der Waals surface area contributed by atoms with Crippen molar-refractivity contribution >= 4 is 23.8 Å². The molecule has 3 aromatic carbocycles. The van der Waals surface area contributed by atoms with Gasteiger partial charge >= 0.3 is 5.97 Å². The van der Waals surface area contributed by atoms with Crippen molar-refractivity contribution < 1.29 is 33.5 Å². The molecule has 0 saturated heterocycles. The number of rotatable bonds is 10. The van der Waals surface area contributed by atoms with Crippen LogP contribution in [0.5, 0.6) is 23.0 Å². The third-order valence-corrected chi connectivity index (χ3v) is 4.54. The van der Waals surface area contributed by atoms with Gasteiger partial charge in [-0.1, -0.05) is 0 Å². The van der Waals surface area contributed by atoms with Crippen LogP contribution in [0.1, 0.15) is 15.9 Å². The zero-order valence-corrected chi connectivity index (χ0v) is 18.8. The monoisotopic (exact) mass is 479 g/mol. The van der Waals surface area contributed by atoms with Crippen LogP contribution in [0.15, 0.2) is 71.8 Å². The largest absolute Gasteiger partial charge is 0.497 e. The van der Waals surface area contributed by atoms with Crippen LogP contribution in [-0.4, -0.2) is 43.8 Å². The van der Waals surface area contributed by atoms with E-state index in [0.29, 0.717) is 17.1 Å². The van der Waals surface area contributed by atoms with Crippen molar-refractivity contribution in [1.29, 1.82) is 0 Å². The molecule has 11 heteroatoms. The number of esters is 1. The van der Waals surface area contributed by atoms with Crippen LogP contribution in [0.2, 0.25) is 0 Å². The second kappa shape index (κ2) is 11.8. The van der Waals surface area contributed by atoms with Gasteiger partial charge in [0.25, 0.3) is 11.6 Å². The summed E-state index contributed by atoms with van der Waals surface area (Å²) in [7, 11) is 2.96. The van der Waals surface area contributed by atoms with Crippen LogP contribution < -0.4 is 24.4 Å². The fraction of sp³-hybridized carbons (Fsp3) is 0.125. The van der Waals surface area contributed by atoms with Crippen LogP contribution in [0.3, 0.4) is 0 Å². The molecule has 0 aliphatic heterocycles. The van der Waals surface area contributed by atoms with Gasteiger partial charge in [0.15, 0.2) is 18.1 Å². The van der Waals surface area contributed by atoms with Crippen molar-refractivity contribution in [3.63, 3.8) is 0 Å². The Balaban J connectivity index is 1.55. The van der Waals surface area contributed by atoms with Gasteiger partial charge < -0.3 is 18.9 Å². The Morgan fingerprint density at radius 3 is 2.26 bits per heavy atom. The van der Waals surface area contributed by atoms with E-state index in [0.717, 1.165) is 0 Å². The topological polar surface area (TPSA) is 139 Å². The van der Waals surface area contributed by atoms with Crippen LogP contribution in [0, 0.1) is 10.1 Å². The molecule has 0 unspecified atom stereocenters. The average molecular weight is 479 g/mol. The second-order valence-electron chi connectivity index (χ2n) is 6.86. The highest BCUT2D eigenvalue weighted by atomic mass is 16.6. The minimum atomic E-state index is -0.705. The Labute approximate surface area is 200 Å². The van der Waals surface area contributed by atoms with E-state index < -0.39 is 16.8 Å². The fourth-order valence-electron chi connectivity index (χ4n) is 2.76. The number of nitrogens with zero attached hydrogens (tertiary/aromatic N) is 2. The summed E-state index contributed by atoms with van der Waals surface area (Å²) < 4.78 is 21.0. The van der Waals surface area contributed by atoms with Gasteiger partial charge in [0.05, 0.1) is 30.9 Å². The Hall–Kier alpha value is -4.93. The number of nitro groups is 1. The number of hydrazone groups is 1. The molecule has 0 aliphatic carbocycles. The lowest BCUT2D eigenvalue weighted by atomic mass is 10.2. The lowest BCUT2D eigenvalue weighted by Gasteiger charge is -2.10. The van der Waals surface area contributed by atoms with Crippen molar-refractivity contribution in [2.24, 2.45) is 5.10 Å². The number of ether oxygens (including phenoxy) is 4. The van der Waals surface area contributed by atoms with Crippen LogP contribution in [0.4, 0.5) is 5.69 Å². The van der Waals surface area contributed by atoms with Crippen molar-refractivity contribution in [1.82, 2.24) is 5.43 Å². The van der Waals surface area contributed by atoms with Gasteiger partial charge in [0, 0.05) is 12.1 Å². The summed E-state index contributed by atoms with van der Waals surface area (Å²) in [5.41, 5.74) is 2.92. The van der Waals surface area contributed by atoms with Crippen molar-refractivity contribution in [3.05, 3.63) is 88.0 Å². The minimum absolute atomic E-state index is 0.137. The fourth-order valence-corrected chi connectivity index (χ4v) is 2.76. The van der Waals surface area contributed by atoms with E-state index in [9.17, 15) is 19.7 Å². The third-order valence-electron chi connectivity index (χ3n) is 4.54.